The highest BCUT2D eigenvalue weighted by Gasteiger charge is 2.49. The Hall–Kier alpha value is -2.54. The SMILES string of the molecule is C=C(OCCS(=O)(=O)O)C1CC2CC1CC2c1cc(C(C)(C)C)ccc1[S+](c1ccccc1)c1ccccc1. The molecule has 2 aliphatic carbocycles. The Morgan fingerprint density at radius 1 is 0.923 bits per heavy atom. The average molecular weight is 564 g/mol. The van der Waals surface area contributed by atoms with Gasteiger partial charge >= 0.3 is 0 Å². The Morgan fingerprint density at radius 3 is 2.05 bits per heavy atom. The van der Waals surface area contributed by atoms with Crippen LogP contribution in [0.15, 0.2) is 106 Å². The van der Waals surface area contributed by atoms with Crippen LogP contribution < -0.4 is 0 Å². The van der Waals surface area contributed by atoms with Crippen LogP contribution >= 0.6 is 0 Å². The van der Waals surface area contributed by atoms with E-state index < -0.39 is 15.9 Å². The molecule has 39 heavy (non-hydrogen) atoms. The number of fused-ring (bicyclic) bond motifs is 2. The third kappa shape index (κ3) is 6.29. The molecule has 0 saturated heterocycles. The van der Waals surface area contributed by atoms with Crippen LogP contribution in [0, 0.1) is 17.8 Å². The van der Waals surface area contributed by atoms with E-state index in [2.05, 4.69) is 106 Å². The van der Waals surface area contributed by atoms with Gasteiger partial charge < -0.3 is 4.74 Å². The zero-order chi connectivity index (χ0) is 27.8. The lowest BCUT2D eigenvalue weighted by Crippen LogP contribution is -2.22. The molecule has 0 amide bonds. The molecule has 4 atom stereocenters. The van der Waals surface area contributed by atoms with Crippen molar-refractivity contribution in [2.75, 3.05) is 12.4 Å². The van der Waals surface area contributed by atoms with E-state index in [-0.39, 0.29) is 28.8 Å². The fourth-order valence-corrected chi connectivity index (χ4v) is 9.01. The largest absolute Gasteiger partial charge is 0.497 e. The zero-order valence-corrected chi connectivity index (χ0v) is 24.7. The number of hydrogen-bond acceptors (Lipinski definition) is 3. The lowest BCUT2D eigenvalue weighted by atomic mass is 9.76. The predicted molar refractivity (Wildman–Crippen MR) is 159 cm³/mol. The van der Waals surface area contributed by atoms with Crippen molar-refractivity contribution in [2.45, 2.75) is 66.1 Å². The number of hydrogen-bond donors (Lipinski definition) is 1. The normalized spacial score (nSPS) is 22.8. The first-order valence-electron chi connectivity index (χ1n) is 13.8. The van der Waals surface area contributed by atoms with Gasteiger partial charge in [-0.05, 0) is 84.4 Å². The Balaban J connectivity index is 1.48. The van der Waals surface area contributed by atoms with Crippen LogP contribution in [0.5, 0.6) is 0 Å². The number of rotatable bonds is 9. The molecule has 1 N–H and O–H groups in total. The number of benzene rings is 3. The van der Waals surface area contributed by atoms with E-state index in [0.717, 1.165) is 19.3 Å². The average Bonchev–Trinajstić information content (AvgIpc) is 3.50. The summed E-state index contributed by atoms with van der Waals surface area (Å²) in [4.78, 5) is 4.07. The maximum atomic E-state index is 11.1. The smallest absolute Gasteiger partial charge is 0.268 e. The molecule has 0 spiro atoms. The van der Waals surface area contributed by atoms with Gasteiger partial charge in [0.15, 0.2) is 14.7 Å². The quantitative estimate of drug-likeness (QED) is 0.165. The van der Waals surface area contributed by atoms with Crippen LogP contribution in [-0.4, -0.2) is 25.3 Å². The highest BCUT2D eigenvalue weighted by molar-refractivity contribution is 7.97. The summed E-state index contributed by atoms with van der Waals surface area (Å²) < 4.78 is 36.9. The molecule has 2 fully saturated rings. The van der Waals surface area contributed by atoms with E-state index in [0.29, 0.717) is 23.5 Å². The summed E-state index contributed by atoms with van der Waals surface area (Å²) in [5.41, 5.74) is 2.89. The standard InChI is InChI=1S/C33H38O4S2/c1-23(37-17-18-39(34,35)36)29-20-25-19-24(29)21-30(25)31-22-26(33(2,3)4)15-16-32(31)38(27-11-7-5-8-12-27)28-13-9-6-10-14-28/h5-16,22,24-25,29-30H,1,17-21H2,2-4H3/p+1. The summed E-state index contributed by atoms with van der Waals surface area (Å²) in [6, 6.07) is 28.9. The molecule has 4 nitrogen and oxygen atoms in total. The minimum absolute atomic E-state index is 0.0519. The zero-order valence-electron chi connectivity index (χ0n) is 23.0. The topological polar surface area (TPSA) is 63.6 Å². The van der Waals surface area contributed by atoms with Crippen molar-refractivity contribution in [3.63, 3.8) is 0 Å². The highest BCUT2D eigenvalue weighted by Crippen LogP contribution is 2.59. The summed E-state index contributed by atoms with van der Waals surface area (Å²) in [6.07, 6.45) is 3.22. The summed E-state index contributed by atoms with van der Waals surface area (Å²) in [6.45, 7) is 10.9. The molecule has 2 saturated carbocycles. The van der Waals surface area contributed by atoms with Crippen molar-refractivity contribution in [3.05, 3.63) is 102 Å². The Labute approximate surface area is 236 Å². The van der Waals surface area contributed by atoms with Gasteiger partial charge in [-0.1, -0.05) is 69.8 Å². The molecule has 3 aromatic rings. The van der Waals surface area contributed by atoms with Crippen molar-refractivity contribution < 1.29 is 17.7 Å². The molecule has 5 rings (SSSR count). The minimum atomic E-state index is -4.04. The van der Waals surface area contributed by atoms with Crippen molar-refractivity contribution in [3.8, 4) is 0 Å². The summed E-state index contributed by atoms with van der Waals surface area (Å²) in [5, 5.41) is 0. The Morgan fingerprint density at radius 2 is 1.54 bits per heavy atom. The van der Waals surface area contributed by atoms with Crippen LogP contribution in [0.1, 0.15) is 57.1 Å². The van der Waals surface area contributed by atoms with Crippen LogP contribution in [0.3, 0.4) is 0 Å². The molecular weight excluding hydrogens is 524 g/mol. The van der Waals surface area contributed by atoms with E-state index in [9.17, 15) is 8.42 Å². The van der Waals surface area contributed by atoms with Gasteiger partial charge in [0.2, 0.25) is 0 Å². The van der Waals surface area contributed by atoms with Crippen molar-refractivity contribution >= 4 is 21.0 Å². The summed E-state index contributed by atoms with van der Waals surface area (Å²) in [7, 11) is -4.25. The fraction of sp³-hybridized carbons (Fsp3) is 0.394. The van der Waals surface area contributed by atoms with Gasteiger partial charge in [0.25, 0.3) is 10.1 Å². The van der Waals surface area contributed by atoms with Gasteiger partial charge in [-0.3, -0.25) is 4.55 Å². The third-order valence-electron chi connectivity index (χ3n) is 8.35. The van der Waals surface area contributed by atoms with Gasteiger partial charge in [-0.25, -0.2) is 0 Å². The van der Waals surface area contributed by atoms with E-state index in [1.165, 1.54) is 25.8 Å². The van der Waals surface area contributed by atoms with Gasteiger partial charge in [-0.15, -0.1) is 0 Å². The van der Waals surface area contributed by atoms with Gasteiger partial charge in [0.05, 0.1) is 16.7 Å². The van der Waals surface area contributed by atoms with Gasteiger partial charge in [0.1, 0.15) is 12.4 Å². The van der Waals surface area contributed by atoms with Crippen LogP contribution in [-0.2, 0) is 31.2 Å². The second kappa shape index (κ2) is 11.1. The van der Waals surface area contributed by atoms with E-state index in [1.807, 2.05) is 0 Å². The van der Waals surface area contributed by atoms with Crippen LogP contribution in [0.2, 0.25) is 0 Å². The monoisotopic (exact) mass is 563 g/mol. The molecule has 0 aliphatic heterocycles. The predicted octanol–water partition coefficient (Wildman–Crippen LogP) is 7.63. The Bertz CT molecular complexity index is 1370. The molecule has 2 bridgehead atoms. The lowest BCUT2D eigenvalue weighted by molar-refractivity contribution is 0.162. The van der Waals surface area contributed by atoms with Crippen molar-refractivity contribution in [2.24, 2.45) is 17.8 Å². The maximum Gasteiger partial charge on any atom is 0.268 e. The maximum absolute atomic E-state index is 11.1. The molecule has 6 heteroatoms. The molecule has 4 unspecified atom stereocenters. The molecule has 2 aliphatic rings. The van der Waals surface area contributed by atoms with Crippen LogP contribution in [0.25, 0.3) is 0 Å². The second-order valence-corrected chi connectivity index (χ2v) is 15.5. The Kier molecular flexibility index (Phi) is 8.01. The highest BCUT2D eigenvalue weighted by atomic mass is 32.2. The first-order valence-corrected chi connectivity index (χ1v) is 16.6. The van der Waals surface area contributed by atoms with Crippen LogP contribution in [0.4, 0.5) is 0 Å². The van der Waals surface area contributed by atoms with Crippen molar-refractivity contribution in [1.82, 2.24) is 0 Å². The molecule has 0 aromatic heterocycles. The molecule has 0 radical (unpaired) electrons. The van der Waals surface area contributed by atoms with E-state index in [4.69, 9.17) is 9.29 Å². The molecular formula is C33H39O4S2+. The molecule has 206 valence electrons. The van der Waals surface area contributed by atoms with Crippen molar-refractivity contribution in [1.29, 1.82) is 0 Å². The molecule has 0 heterocycles. The second-order valence-electron chi connectivity index (χ2n) is 12.0. The van der Waals surface area contributed by atoms with E-state index >= 15 is 0 Å². The van der Waals surface area contributed by atoms with Gasteiger partial charge in [0, 0.05) is 11.5 Å². The molecule has 3 aromatic carbocycles. The fourth-order valence-electron chi connectivity index (χ4n) is 6.43. The van der Waals surface area contributed by atoms with E-state index in [1.54, 1.807) is 0 Å². The number of ether oxygens (including phenoxy) is 1. The first-order chi connectivity index (χ1) is 18.5. The minimum Gasteiger partial charge on any atom is -0.497 e. The summed E-state index contributed by atoms with van der Waals surface area (Å²) in [5.74, 6) is 1.98. The lowest BCUT2D eigenvalue weighted by Gasteiger charge is -2.31. The van der Waals surface area contributed by atoms with Gasteiger partial charge in [-0.2, -0.15) is 8.42 Å². The first kappa shape index (κ1) is 28.0. The third-order valence-corrected chi connectivity index (χ3v) is 11.3. The number of allylic oxidation sites excluding steroid dienone is 1. The summed E-state index contributed by atoms with van der Waals surface area (Å²) >= 11 is 0.